The van der Waals surface area contributed by atoms with Crippen LogP contribution in [0.5, 0.6) is 0 Å². The summed E-state index contributed by atoms with van der Waals surface area (Å²) >= 11 is 8.48. The standard InChI is InChI=1S/C8H18NO4P.C8H20NO2P.C7H18NO2P.2I2.2HI.4H2O/c1-3-9-7-5-4-6-8(9)13-14(10,11)12-2;1-9-7-5-3-4-6-8-11-12-10-2;1-9-11-10-7-5-3-2-4-6-8;2*1-2;;;;;;/h8H,3-7H2,1-2H3,(H,10,11);9,12H,3-8H2,1-2H3;11H,2-8H2,1H3;;;2*1H;4*1H2/p-2. The van der Waals surface area contributed by atoms with Crippen molar-refractivity contribution in [3.05, 3.63) is 0 Å². The van der Waals surface area contributed by atoms with Gasteiger partial charge in [-0.3, -0.25) is 13.9 Å². The van der Waals surface area contributed by atoms with Gasteiger partial charge in [0.25, 0.3) is 0 Å². The smallest absolute Gasteiger partial charge is 0.473 e. The second-order valence-corrected chi connectivity index (χ2v) is 11.6. The lowest BCUT2D eigenvalue weighted by molar-refractivity contribution is -0.0219. The number of hydrogen-bond donors (Lipinski definition) is 3. The molecule has 0 radical (unpaired) electrons. The Hall–Kier alpha value is 4.91. The van der Waals surface area contributed by atoms with E-state index in [9.17, 15) is 9.46 Å². The van der Waals surface area contributed by atoms with Crippen molar-refractivity contribution in [3.8, 4) is 0 Å². The number of rotatable bonds is 21. The molecule has 15 nitrogen and oxygen atoms in total. The molecular weight excluding hydrogens is 1360 g/mol. The first-order valence-electron chi connectivity index (χ1n) is 13.7. The molecule has 302 valence electrons. The van der Waals surface area contributed by atoms with Crippen LogP contribution < -0.4 is 11.1 Å². The Morgan fingerprint density at radius 1 is 0.851 bits per heavy atom. The minimum Gasteiger partial charge on any atom is -0.870 e. The van der Waals surface area contributed by atoms with E-state index in [1.807, 2.05) is 18.9 Å². The van der Waals surface area contributed by atoms with Crippen LogP contribution in [0.1, 0.15) is 77.6 Å². The quantitative estimate of drug-likeness (QED) is 0.0560. The lowest BCUT2D eigenvalue weighted by atomic mass is 10.1. The summed E-state index contributed by atoms with van der Waals surface area (Å²) in [6, 6.07) is 0. The first kappa shape index (κ1) is 76.6. The van der Waals surface area contributed by atoms with E-state index in [0.29, 0.717) is 0 Å². The second kappa shape index (κ2) is 68.9. The molecular formula is C23H64I6N3O12P3-2. The molecule has 0 amide bonds. The summed E-state index contributed by atoms with van der Waals surface area (Å²) in [6.45, 7) is 7.35. The fourth-order valence-electron chi connectivity index (χ4n) is 3.34. The molecule has 0 saturated carbocycles. The van der Waals surface area contributed by atoms with Crippen molar-refractivity contribution in [3.63, 3.8) is 0 Å². The molecule has 1 fully saturated rings. The predicted octanol–water partition coefficient (Wildman–Crippen LogP) is 7.97. The van der Waals surface area contributed by atoms with Crippen LogP contribution in [0.2, 0.25) is 0 Å². The van der Waals surface area contributed by atoms with Gasteiger partial charge in [-0.1, -0.05) is 32.6 Å². The van der Waals surface area contributed by atoms with Crippen LogP contribution >= 0.6 is 148 Å². The van der Waals surface area contributed by atoms with E-state index < -0.39 is 7.82 Å². The molecule has 0 bridgehead atoms. The highest BCUT2D eigenvalue weighted by Crippen LogP contribution is 2.45. The van der Waals surface area contributed by atoms with Gasteiger partial charge in [0.1, 0.15) is 6.23 Å². The van der Waals surface area contributed by atoms with Gasteiger partial charge in [-0.2, -0.15) is 0 Å². The van der Waals surface area contributed by atoms with Gasteiger partial charge in [-0.15, -0.1) is 48.0 Å². The van der Waals surface area contributed by atoms with Crippen LogP contribution in [0.3, 0.4) is 0 Å². The average molecular weight is 1430 g/mol. The fourth-order valence-corrected chi connectivity index (χ4v) is 4.66. The highest BCUT2D eigenvalue weighted by Gasteiger charge is 2.30. The third kappa shape index (κ3) is 66.1. The maximum absolute atomic E-state index is 11.2. The molecule has 4 unspecified atom stereocenters. The van der Waals surface area contributed by atoms with E-state index in [-0.39, 0.29) is 94.2 Å². The molecule has 1 rings (SSSR count). The maximum atomic E-state index is 11.2. The van der Waals surface area contributed by atoms with Crippen LogP contribution in [0.4, 0.5) is 0 Å². The molecule has 47 heavy (non-hydrogen) atoms. The van der Waals surface area contributed by atoms with Crippen LogP contribution in [-0.4, -0.2) is 106 Å². The van der Waals surface area contributed by atoms with Crippen molar-refractivity contribution in [1.29, 1.82) is 0 Å². The number of hydrogen-bond acceptors (Lipinski definition) is 12. The van der Waals surface area contributed by atoms with E-state index in [0.717, 1.165) is 77.9 Å². The van der Waals surface area contributed by atoms with Gasteiger partial charge in [0, 0.05) is 102 Å². The Balaban J connectivity index is -0.0000000491. The molecule has 0 spiro atoms. The number of nitrogens with two attached hydrogens (primary N) is 1. The largest absolute Gasteiger partial charge is 0.870 e. The number of nitrogens with one attached hydrogen (secondary N) is 1. The molecule has 4 atom stereocenters. The molecule has 24 heteroatoms. The molecule has 1 aliphatic heterocycles. The summed E-state index contributed by atoms with van der Waals surface area (Å²) in [5.41, 5.74) is 5.34. The van der Waals surface area contributed by atoms with Crippen molar-refractivity contribution in [2.24, 2.45) is 5.73 Å². The minimum atomic E-state index is -3.83. The first-order chi connectivity index (χ1) is 19.9. The number of halogens is 6. The van der Waals surface area contributed by atoms with E-state index in [1.54, 1.807) is 14.2 Å². The number of unbranched alkanes of at least 4 members (excludes halogenated alkanes) is 6. The summed E-state index contributed by atoms with van der Waals surface area (Å²) in [7, 11) is 3.06. The number of phosphoric acid groups is 1. The van der Waals surface area contributed by atoms with E-state index in [4.69, 9.17) is 28.4 Å². The lowest BCUT2D eigenvalue weighted by Crippen LogP contribution is -2.40. The summed E-state index contributed by atoms with van der Waals surface area (Å²) in [4.78, 5) is 11.2. The predicted molar refractivity (Wildman–Crippen MR) is 253 cm³/mol. The number of nitrogens with zero attached hydrogens (tertiary/aromatic N) is 1. The zero-order chi connectivity index (χ0) is 32.0. The first-order valence-corrected chi connectivity index (χ1v) is 29.4. The van der Waals surface area contributed by atoms with Crippen LogP contribution in [0.15, 0.2) is 0 Å². The topological polar surface area (TPSA) is 257 Å². The Morgan fingerprint density at radius 3 is 1.68 bits per heavy atom. The summed E-state index contributed by atoms with van der Waals surface area (Å²) < 4.78 is 40.5. The van der Waals surface area contributed by atoms with Gasteiger partial charge >= 0.3 is 7.82 Å². The summed E-state index contributed by atoms with van der Waals surface area (Å²) in [5, 5.41) is 3.13. The van der Waals surface area contributed by atoms with Crippen molar-refractivity contribution in [1.82, 2.24) is 10.2 Å². The molecule has 0 aromatic rings. The molecule has 1 saturated heterocycles. The van der Waals surface area contributed by atoms with E-state index in [2.05, 4.69) is 84.3 Å². The SMILES string of the molecule is CCN1CCCCC1OP(=O)(O)OC.CNCCCCCCOPOC.COPOCCCCCCN.I.I.II.II.O.O.[OH-].[OH-]. The van der Waals surface area contributed by atoms with Crippen molar-refractivity contribution in [2.45, 2.75) is 83.8 Å². The Kier molecular flexibility index (Phi) is 112. The molecule has 10 N–H and O–H groups in total. The molecule has 0 aromatic carbocycles. The Labute approximate surface area is 369 Å². The number of piperidine rings is 1. The summed E-state index contributed by atoms with van der Waals surface area (Å²) in [6.07, 6.45) is 12.3. The monoisotopic (exact) mass is 1430 g/mol. The fraction of sp³-hybridized carbons (Fsp3) is 1.00. The number of likely N-dealkylation sites (tertiary alicyclic amines) is 1. The third-order valence-corrected chi connectivity index (χ3v) is 7.30. The van der Waals surface area contributed by atoms with Gasteiger partial charge < -0.3 is 55.9 Å². The van der Waals surface area contributed by atoms with Gasteiger partial charge in [0.05, 0.1) is 13.2 Å². The van der Waals surface area contributed by atoms with Gasteiger partial charge in [0.15, 0.2) is 18.1 Å². The maximum Gasteiger partial charge on any atom is 0.473 e. The van der Waals surface area contributed by atoms with Crippen molar-refractivity contribution >= 4 is 148 Å². The summed E-state index contributed by atoms with van der Waals surface area (Å²) in [5.74, 6) is 0. The van der Waals surface area contributed by atoms with E-state index in [1.165, 1.54) is 39.2 Å². The van der Waals surface area contributed by atoms with Crippen molar-refractivity contribution in [2.75, 3.05) is 67.8 Å². The average Bonchev–Trinajstić information content (AvgIpc) is 3.01. The molecule has 1 aliphatic rings. The molecule has 0 aliphatic carbocycles. The van der Waals surface area contributed by atoms with Crippen LogP contribution in [0.25, 0.3) is 0 Å². The third-order valence-electron chi connectivity index (χ3n) is 5.35. The Morgan fingerprint density at radius 2 is 1.30 bits per heavy atom. The van der Waals surface area contributed by atoms with E-state index >= 15 is 0 Å². The van der Waals surface area contributed by atoms with Crippen LogP contribution in [0, 0.1) is 0 Å². The minimum absolute atomic E-state index is 0. The van der Waals surface area contributed by atoms with Gasteiger partial charge in [-0.25, -0.2) is 4.57 Å². The van der Waals surface area contributed by atoms with Crippen LogP contribution in [-0.2, 0) is 31.7 Å². The second-order valence-electron chi connectivity index (χ2n) is 8.33. The Bertz CT molecular complexity index is 518. The highest BCUT2D eigenvalue weighted by molar-refractivity contribution is 15.0. The van der Waals surface area contributed by atoms with Gasteiger partial charge in [0.2, 0.25) is 0 Å². The van der Waals surface area contributed by atoms with Crippen molar-refractivity contribution < 1.29 is 58.5 Å². The normalized spacial score (nSPS) is 14.4. The number of phosphoric ester groups is 1. The highest BCUT2D eigenvalue weighted by atomic mass is 128. The lowest BCUT2D eigenvalue weighted by Gasteiger charge is -2.34. The zero-order valence-corrected chi connectivity index (χ0v) is 44.3. The molecule has 0 aromatic heterocycles. The van der Waals surface area contributed by atoms with Gasteiger partial charge in [-0.05, 0) is 71.6 Å². The zero-order valence-electron chi connectivity index (χ0n) is 28.1. The molecule has 1 heterocycles.